The van der Waals surface area contributed by atoms with Crippen molar-refractivity contribution >= 4 is 35.8 Å². The normalized spacial score (nSPS) is 22.5. The van der Waals surface area contributed by atoms with Crippen LogP contribution >= 0.6 is 24.0 Å². The average Bonchev–Trinajstić information content (AvgIpc) is 2.45. The predicted molar refractivity (Wildman–Crippen MR) is 104 cm³/mol. The van der Waals surface area contributed by atoms with E-state index in [0.29, 0.717) is 19.1 Å². The molecule has 1 aliphatic rings. The summed E-state index contributed by atoms with van der Waals surface area (Å²) < 4.78 is 0. The summed E-state index contributed by atoms with van der Waals surface area (Å²) in [4.78, 5) is 16.3. The van der Waals surface area contributed by atoms with Crippen molar-refractivity contribution in [2.24, 2.45) is 16.3 Å². The molecule has 130 valence electrons. The summed E-state index contributed by atoms with van der Waals surface area (Å²) in [6, 6.07) is 0.500. The maximum Gasteiger partial charge on any atom is 0.227 e. The monoisotopic (exact) mass is 424 g/mol. The van der Waals surface area contributed by atoms with Crippen LogP contribution in [-0.4, -0.2) is 38.0 Å². The zero-order valence-electron chi connectivity index (χ0n) is 14.7. The SMILES string of the molecule is CCNC(=O)C(C)(C)CNC(=NC)NC1CCC(C)CC1.I. The lowest BCUT2D eigenvalue weighted by Crippen LogP contribution is -2.50. The van der Waals surface area contributed by atoms with E-state index in [4.69, 9.17) is 0 Å². The van der Waals surface area contributed by atoms with E-state index in [1.54, 1.807) is 7.05 Å². The first-order valence-electron chi connectivity index (χ1n) is 8.14. The van der Waals surface area contributed by atoms with Crippen LogP contribution in [-0.2, 0) is 4.79 Å². The Morgan fingerprint density at radius 2 is 1.77 bits per heavy atom. The third-order valence-corrected chi connectivity index (χ3v) is 4.23. The molecule has 3 N–H and O–H groups in total. The summed E-state index contributed by atoms with van der Waals surface area (Å²) >= 11 is 0. The maximum atomic E-state index is 12.0. The Bertz CT molecular complexity index is 363. The fourth-order valence-corrected chi connectivity index (χ4v) is 2.58. The summed E-state index contributed by atoms with van der Waals surface area (Å²) in [7, 11) is 1.78. The number of rotatable bonds is 5. The van der Waals surface area contributed by atoms with Crippen molar-refractivity contribution in [2.75, 3.05) is 20.1 Å². The number of aliphatic imine (C=N–C) groups is 1. The Hall–Kier alpha value is -0.530. The first kappa shape index (κ1) is 21.5. The Kier molecular flexibility index (Phi) is 10.0. The third-order valence-electron chi connectivity index (χ3n) is 4.23. The molecular weight excluding hydrogens is 391 g/mol. The van der Waals surface area contributed by atoms with E-state index < -0.39 is 5.41 Å². The Balaban J connectivity index is 0.00000441. The van der Waals surface area contributed by atoms with Gasteiger partial charge in [0, 0.05) is 26.2 Å². The number of hydrogen-bond acceptors (Lipinski definition) is 2. The quantitative estimate of drug-likeness (QED) is 0.361. The van der Waals surface area contributed by atoms with E-state index in [9.17, 15) is 4.79 Å². The molecule has 1 rings (SSSR count). The number of carbonyl (C=O) groups is 1. The van der Waals surface area contributed by atoms with E-state index in [0.717, 1.165) is 11.9 Å². The second-order valence-corrected chi connectivity index (χ2v) is 6.77. The molecule has 1 fully saturated rings. The zero-order valence-corrected chi connectivity index (χ0v) is 17.0. The first-order valence-corrected chi connectivity index (χ1v) is 8.14. The van der Waals surface area contributed by atoms with Gasteiger partial charge in [0.05, 0.1) is 5.41 Å². The minimum Gasteiger partial charge on any atom is -0.356 e. The standard InChI is InChI=1S/C16H32N4O.HI/c1-6-18-14(21)16(3,4)11-19-15(17-5)20-13-9-7-12(2)8-10-13;/h12-13H,6-11H2,1-5H3,(H,18,21)(H2,17,19,20);1H. The van der Waals surface area contributed by atoms with Crippen molar-refractivity contribution in [3.63, 3.8) is 0 Å². The molecule has 0 radical (unpaired) electrons. The van der Waals surface area contributed by atoms with Gasteiger partial charge in [-0.15, -0.1) is 24.0 Å². The zero-order chi connectivity index (χ0) is 15.9. The van der Waals surface area contributed by atoms with Gasteiger partial charge in [-0.25, -0.2) is 0 Å². The van der Waals surface area contributed by atoms with Crippen LogP contribution in [0.1, 0.15) is 53.4 Å². The summed E-state index contributed by atoms with van der Waals surface area (Å²) in [6.45, 7) is 9.38. The van der Waals surface area contributed by atoms with Crippen LogP contribution in [0.4, 0.5) is 0 Å². The molecule has 0 heterocycles. The smallest absolute Gasteiger partial charge is 0.227 e. The van der Waals surface area contributed by atoms with Gasteiger partial charge >= 0.3 is 0 Å². The van der Waals surface area contributed by atoms with E-state index in [-0.39, 0.29) is 29.9 Å². The van der Waals surface area contributed by atoms with E-state index >= 15 is 0 Å². The number of guanidine groups is 1. The number of nitrogens with one attached hydrogen (secondary N) is 3. The van der Waals surface area contributed by atoms with Crippen LogP contribution in [0.15, 0.2) is 4.99 Å². The molecule has 0 atom stereocenters. The highest BCUT2D eigenvalue weighted by atomic mass is 127. The van der Waals surface area contributed by atoms with Gasteiger partial charge in [0.25, 0.3) is 0 Å². The fourth-order valence-electron chi connectivity index (χ4n) is 2.58. The number of halogens is 1. The minimum atomic E-state index is -0.450. The van der Waals surface area contributed by atoms with Crippen LogP contribution in [0.25, 0.3) is 0 Å². The maximum absolute atomic E-state index is 12.0. The van der Waals surface area contributed by atoms with Gasteiger partial charge in [-0.2, -0.15) is 0 Å². The summed E-state index contributed by atoms with van der Waals surface area (Å²) in [5.41, 5.74) is -0.450. The van der Waals surface area contributed by atoms with Gasteiger partial charge in [-0.1, -0.05) is 6.92 Å². The predicted octanol–water partition coefficient (Wildman–Crippen LogP) is 2.51. The van der Waals surface area contributed by atoms with Gasteiger partial charge in [0.2, 0.25) is 5.91 Å². The lowest BCUT2D eigenvalue weighted by atomic mass is 9.87. The highest BCUT2D eigenvalue weighted by molar-refractivity contribution is 14.0. The van der Waals surface area contributed by atoms with E-state index in [1.165, 1.54) is 25.7 Å². The highest BCUT2D eigenvalue weighted by Crippen LogP contribution is 2.23. The Morgan fingerprint density at radius 1 is 1.18 bits per heavy atom. The van der Waals surface area contributed by atoms with Crippen molar-refractivity contribution in [2.45, 2.75) is 59.4 Å². The molecule has 22 heavy (non-hydrogen) atoms. The average molecular weight is 424 g/mol. The Morgan fingerprint density at radius 3 is 2.27 bits per heavy atom. The largest absolute Gasteiger partial charge is 0.356 e. The van der Waals surface area contributed by atoms with Gasteiger partial charge in [0.15, 0.2) is 5.96 Å². The van der Waals surface area contributed by atoms with Gasteiger partial charge in [-0.3, -0.25) is 9.79 Å². The van der Waals surface area contributed by atoms with E-state index in [1.807, 2.05) is 20.8 Å². The van der Waals surface area contributed by atoms with Crippen molar-refractivity contribution in [3.8, 4) is 0 Å². The molecule has 0 aromatic carbocycles. The van der Waals surface area contributed by atoms with Crippen molar-refractivity contribution < 1.29 is 4.79 Å². The number of carbonyl (C=O) groups excluding carboxylic acids is 1. The molecule has 0 bridgehead atoms. The molecule has 6 heteroatoms. The van der Waals surface area contributed by atoms with Crippen LogP contribution in [0.3, 0.4) is 0 Å². The molecule has 0 aromatic rings. The third kappa shape index (κ3) is 7.15. The molecule has 1 saturated carbocycles. The van der Waals surface area contributed by atoms with Crippen LogP contribution in [0, 0.1) is 11.3 Å². The molecule has 1 aliphatic carbocycles. The van der Waals surface area contributed by atoms with Crippen LogP contribution in [0.5, 0.6) is 0 Å². The van der Waals surface area contributed by atoms with Gasteiger partial charge < -0.3 is 16.0 Å². The summed E-state index contributed by atoms with van der Waals surface area (Å²) in [6.07, 6.45) is 4.95. The van der Waals surface area contributed by atoms with Crippen LogP contribution < -0.4 is 16.0 Å². The minimum absolute atomic E-state index is 0. The lowest BCUT2D eigenvalue weighted by molar-refractivity contribution is -0.128. The number of amides is 1. The molecule has 0 aromatic heterocycles. The summed E-state index contributed by atoms with van der Waals surface area (Å²) in [5, 5.41) is 9.64. The van der Waals surface area contributed by atoms with E-state index in [2.05, 4.69) is 27.9 Å². The highest BCUT2D eigenvalue weighted by Gasteiger charge is 2.27. The van der Waals surface area contributed by atoms with Crippen molar-refractivity contribution in [1.82, 2.24) is 16.0 Å². The molecule has 1 amide bonds. The Labute approximate surface area is 152 Å². The molecule has 5 nitrogen and oxygen atoms in total. The molecule has 0 spiro atoms. The van der Waals surface area contributed by atoms with Gasteiger partial charge in [-0.05, 0) is 52.4 Å². The molecule has 0 saturated heterocycles. The number of nitrogens with zero attached hydrogens (tertiary/aromatic N) is 1. The number of hydrogen-bond donors (Lipinski definition) is 3. The van der Waals surface area contributed by atoms with Crippen molar-refractivity contribution in [3.05, 3.63) is 0 Å². The topological polar surface area (TPSA) is 65.5 Å². The molecule has 0 unspecified atom stereocenters. The molecular formula is C16H33IN4O. The lowest BCUT2D eigenvalue weighted by Gasteiger charge is -2.30. The summed E-state index contributed by atoms with van der Waals surface area (Å²) in [5.74, 6) is 1.71. The van der Waals surface area contributed by atoms with Crippen LogP contribution in [0.2, 0.25) is 0 Å². The fraction of sp³-hybridized carbons (Fsp3) is 0.875. The second kappa shape index (κ2) is 10.3. The van der Waals surface area contributed by atoms with Crippen molar-refractivity contribution in [1.29, 1.82) is 0 Å². The van der Waals surface area contributed by atoms with Gasteiger partial charge in [0.1, 0.15) is 0 Å². The molecule has 0 aliphatic heterocycles. The second-order valence-electron chi connectivity index (χ2n) is 6.77. The first-order chi connectivity index (χ1) is 9.89.